The van der Waals surface area contributed by atoms with Gasteiger partial charge in [0.2, 0.25) is 0 Å². The summed E-state index contributed by atoms with van der Waals surface area (Å²) in [5.41, 5.74) is -0.854. The Labute approximate surface area is 96.1 Å². The van der Waals surface area contributed by atoms with Crippen molar-refractivity contribution < 1.29 is 18.3 Å². The smallest absolute Gasteiger partial charge is 0.386 e. The first kappa shape index (κ1) is 12.0. The van der Waals surface area contributed by atoms with E-state index < -0.39 is 17.5 Å². The molecule has 0 bridgehead atoms. The summed E-state index contributed by atoms with van der Waals surface area (Å²) in [6.07, 6.45) is -4.38. The van der Waals surface area contributed by atoms with Crippen molar-refractivity contribution in [1.82, 2.24) is 4.98 Å². The van der Waals surface area contributed by atoms with Crippen molar-refractivity contribution >= 4 is 10.9 Å². The summed E-state index contributed by atoms with van der Waals surface area (Å²) in [6, 6.07) is 5.75. The molecular weight excluding hydrogens is 231 g/mol. The molecule has 0 saturated carbocycles. The van der Waals surface area contributed by atoms with Gasteiger partial charge in [-0.15, -0.1) is 0 Å². The molecule has 17 heavy (non-hydrogen) atoms. The number of nitrogens with one attached hydrogen (secondary N) is 1. The molecule has 0 aliphatic rings. The lowest BCUT2D eigenvalue weighted by atomic mass is 9.97. The van der Waals surface area contributed by atoms with Crippen LogP contribution in [0.5, 0.6) is 0 Å². The molecule has 1 heterocycles. The van der Waals surface area contributed by atoms with Crippen LogP contribution in [0, 0.1) is 0 Å². The molecule has 5 heteroatoms. The summed E-state index contributed by atoms with van der Waals surface area (Å²) in [7, 11) is 0. The standard InChI is InChI=1S/C12H12F3NO/c1-11(2,17)8-3-4-9-7(5-8)6-10(16-9)12(13,14)15/h3-6,16-17H,1-2H3. The number of fused-ring (bicyclic) bond motifs is 1. The SMILES string of the molecule is CC(C)(O)c1ccc2[nH]c(C(F)(F)F)cc2c1. The Morgan fingerprint density at radius 3 is 2.29 bits per heavy atom. The lowest BCUT2D eigenvalue weighted by molar-refractivity contribution is -0.140. The van der Waals surface area contributed by atoms with Crippen molar-refractivity contribution in [3.05, 3.63) is 35.5 Å². The van der Waals surface area contributed by atoms with Crippen LogP contribution in [0.25, 0.3) is 10.9 Å². The normalized spacial score (nSPS) is 13.3. The van der Waals surface area contributed by atoms with E-state index in [0.29, 0.717) is 16.5 Å². The molecule has 2 nitrogen and oxygen atoms in total. The van der Waals surface area contributed by atoms with Crippen molar-refractivity contribution in [2.75, 3.05) is 0 Å². The maximum absolute atomic E-state index is 12.5. The molecule has 92 valence electrons. The van der Waals surface area contributed by atoms with Crippen LogP contribution in [-0.4, -0.2) is 10.1 Å². The summed E-state index contributed by atoms with van der Waals surface area (Å²) >= 11 is 0. The fraction of sp³-hybridized carbons (Fsp3) is 0.333. The van der Waals surface area contributed by atoms with Gasteiger partial charge in [-0.25, -0.2) is 0 Å². The number of alkyl halides is 3. The van der Waals surface area contributed by atoms with E-state index in [-0.39, 0.29) is 0 Å². The molecule has 0 spiro atoms. The Morgan fingerprint density at radius 1 is 1.12 bits per heavy atom. The van der Waals surface area contributed by atoms with Crippen molar-refractivity contribution in [2.45, 2.75) is 25.6 Å². The average molecular weight is 243 g/mol. The van der Waals surface area contributed by atoms with Crippen LogP contribution in [0.4, 0.5) is 13.2 Å². The van der Waals surface area contributed by atoms with Gasteiger partial charge in [0.15, 0.2) is 0 Å². The highest BCUT2D eigenvalue weighted by atomic mass is 19.4. The number of aliphatic hydroxyl groups is 1. The quantitative estimate of drug-likeness (QED) is 0.791. The molecular formula is C12H12F3NO. The van der Waals surface area contributed by atoms with Gasteiger partial charge in [-0.2, -0.15) is 13.2 Å². The van der Waals surface area contributed by atoms with Crippen LogP contribution in [0.1, 0.15) is 25.1 Å². The molecule has 2 rings (SSSR count). The number of halogens is 3. The Kier molecular flexibility index (Phi) is 2.47. The number of aromatic amines is 1. The molecule has 0 aliphatic heterocycles. The second-order valence-electron chi connectivity index (χ2n) is 4.54. The minimum absolute atomic E-state index is 0.408. The number of hydrogen-bond acceptors (Lipinski definition) is 1. The van der Waals surface area contributed by atoms with E-state index in [0.717, 1.165) is 6.07 Å². The molecule has 2 N–H and O–H groups in total. The zero-order valence-electron chi connectivity index (χ0n) is 9.39. The van der Waals surface area contributed by atoms with Crippen molar-refractivity contribution in [2.24, 2.45) is 0 Å². The van der Waals surface area contributed by atoms with Crippen LogP contribution < -0.4 is 0 Å². The van der Waals surface area contributed by atoms with Crippen molar-refractivity contribution in [3.63, 3.8) is 0 Å². The molecule has 2 aromatic rings. The van der Waals surface area contributed by atoms with Gasteiger partial charge in [0.05, 0.1) is 5.60 Å². The summed E-state index contributed by atoms with van der Waals surface area (Å²) in [5, 5.41) is 10.2. The summed E-state index contributed by atoms with van der Waals surface area (Å²) in [5.74, 6) is 0. The minimum atomic E-state index is -4.38. The molecule has 0 aliphatic carbocycles. The molecule has 0 radical (unpaired) electrons. The average Bonchev–Trinajstić information content (AvgIpc) is 2.57. The summed E-state index contributed by atoms with van der Waals surface area (Å²) < 4.78 is 37.4. The molecule has 0 unspecified atom stereocenters. The third-order valence-electron chi connectivity index (χ3n) is 2.63. The zero-order valence-corrected chi connectivity index (χ0v) is 9.39. The second kappa shape index (κ2) is 3.50. The monoisotopic (exact) mass is 243 g/mol. The van der Waals surface area contributed by atoms with E-state index in [1.165, 1.54) is 6.07 Å². The van der Waals surface area contributed by atoms with Gasteiger partial charge in [-0.05, 0) is 37.6 Å². The van der Waals surface area contributed by atoms with Gasteiger partial charge < -0.3 is 10.1 Å². The lowest BCUT2D eigenvalue weighted by Crippen LogP contribution is -2.14. The van der Waals surface area contributed by atoms with Gasteiger partial charge in [0.1, 0.15) is 5.69 Å². The number of rotatable bonds is 1. The molecule has 1 aromatic heterocycles. The van der Waals surface area contributed by atoms with Crippen LogP contribution in [0.2, 0.25) is 0 Å². The Bertz CT molecular complexity index is 537. The third-order valence-corrected chi connectivity index (χ3v) is 2.63. The molecule has 0 amide bonds. The largest absolute Gasteiger partial charge is 0.431 e. The highest BCUT2D eigenvalue weighted by Crippen LogP contribution is 2.32. The fourth-order valence-corrected chi connectivity index (χ4v) is 1.67. The molecule has 0 saturated heterocycles. The van der Waals surface area contributed by atoms with Crippen LogP contribution in [0.15, 0.2) is 24.3 Å². The van der Waals surface area contributed by atoms with E-state index >= 15 is 0 Å². The maximum Gasteiger partial charge on any atom is 0.431 e. The van der Waals surface area contributed by atoms with Gasteiger partial charge in [-0.1, -0.05) is 6.07 Å². The van der Waals surface area contributed by atoms with E-state index in [4.69, 9.17) is 0 Å². The first-order valence-electron chi connectivity index (χ1n) is 5.11. The molecule has 0 fully saturated rings. The summed E-state index contributed by atoms with van der Waals surface area (Å²) in [6.45, 7) is 3.18. The van der Waals surface area contributed by atoms with Gasteiger partial charge in [-0.3, -0.25) is 0 Å². The number of H-pyrrole nitrogens is 1. The Balaban J connectivity index is 2.56. The number of aromatic nitrogens is 1. The van der Waals surface area contributed by atoms with Gasteiger partial charge >= 0.3 is 6.18 Å². The number of benzene rings is 1. The first-order chi connectivity index (χ1) is 7.68. The second-order valence-corrected chi connectivity index (χ2v) is 4.54. The molecule has 1 aromatic carbocycles. The van der Waals surface area contributed by atoms with E-state index in [9.17, 15) is 18.3 Å². The van der Waals surface area contributed by atoms with E-state index in [1.807, 2.05) is 0 Å². The number of hydrogen-bond donors (Lipinski definition) is 2. The van der Waals surface area contributed by atoms with Crippen LogP contribution >= 0.6 is 0 Å². The zero-order chi connectivity index (χ0) is 12.8. The fourth-order valence-electron chi connectivity index (χ4n) is 1.67. The Hall–Kier alpha value is -1.49. The van der Waals surface area contributed by atoms with Crippen molar-refractivity contribution in [1.29, 1.82) is 0 Å². The highest BCUT2D eigenvalue weighted by molar-refractivity contribution is 5.81. The highest BCUT2D eigenvalue weighted by Gasteiger charge is 2.32. The predicted molar refractivity (Wildman–Crippen MR) is 58.5 cm³/mol. The minimum Gasteiger partial charge on any atom is -0.386 e. The van der Waals surface area contributed by atoms with Gasteiger partial charge in [0.25, 0.3) is 0 Å². The molecule has 0 atom stereocenters. The third kappa shape index (κ3) is 2.29. The first-order valence-corrected chi connectivity index (χ1v) is 5.11. The van der Waals surface area contributed by atoms with E-state index in [1.54, 1.807) is 26.0 Å². The van der Waals surface area contributed by atoms with Crippen molar-refractivity contribution in [3.8, 4) is 0 Å². The lowest BCUT2D eigenvalue weighted by Gasteiger charge is -2.17. The summed E-state index contributed by atoms with van der Waals surface area (Å²) in [4.78, 5) is 2.31. The van der Waals surface area contributed by atoms with Crippen LogP contribution in [0.3, 0.4) is 0 Å². The van der Waals surface area contributed by atoms with Crippen LogP contribution in [-0.2, 0) is 11.8 Å². The maximum atomic E-state index is 12.5. The predicted octanol–water partition coefficient (Wildman–Crippen LogP) is 3.41. The topological polar surface area (TPSA) is 36.0 Å². The Morgan fingerprint density at radius 2 is 1.76 bits per heavy atom. The van der Waals surface area contributed by atoms with E-state index in [2.05, 4.69) is 4.98 Å². The van der Waals surface area contributed by atoms with Gasteiger partial charge in [0, 0.05) is 10.9 Å².